The fraction of sp³-hybridized carbons (Fsp3) is 0.911. The fourth-order valence-corrected chi connectivity index (χ4v) is 7.45. The van der Waals surface area contributed by atoms with Gasteiger partial charge in [-0.2, -0.15) is 0 Å². The molecule has 5 unspecified atom stereocenters. The maximum Gasteiger partial charge on any atom is 0.251 e. The minimum atomic E-state index is -2.28. The largest absolute Gasteiger partial charge is 0.394 e. The van der Waals surface area contributed by atoms with Crippen molar-refractivity contribution in [3.63, 3.8) is 0 Å². The van der Waals surface area contributed by atoms with Gasteiger partial charge < -0.3 is 71.6 Å². The third-order valence-electron chi connectivity index (χ3n) is 11.5. The number of nitrogens with one attached hydrogen (secondary N) is 4. The second-order valence-corrected chi connectivity index (χ2v) is 17.1. The Bertz CT molecular complexity index is 1200. The van der Waals surface area contributed by atoms with E-state index in [1.165, 1.54) is 89.9 Å². The van der Waals surface area contributed by atoms with E-state index >= 15 is 0 Å². The van der Waals surface area contributed by atoms with Gasteiger partial charge in [0.15, 0.2) is 12.4 Å². The zero-order valence-corrected chi connectivity index (χ0v) is 38.3. The Kier molecular flexibility index (Phi) is 34.0. The van der Waals surface area contributed by atoms with Crippen LogP contribution in [0.2, 0.25) is 0 Å². The van der Waals surface area contributed by atoms with Gasteiger partial charge in [-0.3, -0.25) is 19.2 Å². The number of carbonyl (C=O) groups excluding carboxylic acids is 4. The maximum absolute atomic E-state index is 13.3. The molecule has 0 aromatic carbocycles. The monoisotopic (exact) mass is 907 g/mol. The molecule has 0 aromatic heterocycles. The standard InChI is InChI=1S/C45H86N4O14/c1-3-5-7-9-11-13-15-17-19-21-23-25-35(53)48-29-32(49-36(54)26-24-22-20-18-16-14-12-10-8-6-4-2)43(60)46-27-28-47-44(61)40(58)39(57)42(33(52)30-50)63-45-41(59)38(56)37(55)34(31-51)62-45/h32-34,37-42,45,50-52,55-59H,3-31H2,1-2H3,(H,46,60)(H,47,61)(H,48,53)(H,49,54)/t32?,33?,34-,37+,38+,39?,40?,41-,42?,45+/m1/s1. The Morgan fingerprint density at radius 2 is 1.02 bits per heavy atom. The van der Waals surface area contributed by atoms with Gasteiger partial charge in [-0.15, -0.1) is 0 Å². The number of carbonyl (C=O) groups is 4. The Balaban J connectivity index is 2.67. The number of ether oxygens (including phenoxy) is 2. The zero-order chi connectivity index (χ0) is 46.8. The third-order valence-corrected chi connectivity index (χ3v) is 11.5. The molecule has 10 atom stereocenters. The number of hydrogen-bond acceptors (Lipinski definition) is 14. The van der Waals surface area contributed by atoms with Crippen molar-refractivity contribution in [2.45, 2.75) is 229 Å². The van der Waals surface area contributed by atoms with E-state index in [9.17, 15) is 60.0 Å². The first-order chi connectivity index (χ1) is 30.3. The summed E-state index contributed by atoms with van der Waals surface area (Å²) in [4.78, 5) is 51.7. The van der Waals surface area contributed by atoms with E-state index in [1.807, 2.05) is 0 Å². The first-order valence-electron chi connectivity index (χ1n) is 24.0. The third kappa shape index (κ3) is 25.7. The summed E-state index contributed by atoms with van der Waals surface area (Å²) in [6.45, 7) is 1.98. The summed E-state index contributed by atoms with van der Waals surface area (Å²) in [5.74, 6) is -2.35. The zero-order valence-electron chi connectivity index (χ0n) is 38.3. The summed E-state index contributed by atoms with van der Waals surface area (Å²) in [5.41, 5.74) is 0. The van der Waals surface area contributed by atoms with Crippen molar-refractivity contribution in [1.82, 2.24) is 21.3 Å². The van der Waals surface area contributed by atoms with E-state index in [1.54, 1.807) is 0 Å². The highest BCUT2D eigenvalue weighted by Crippen LogP contribution is 2.25. The highest BCUT2D eigenvalue weighted by Gasteiger charge is 2.47. The lowest BCUT2D eigenvalue weighted by Crippen LogP contribution is -2.62. The number of unbranched alkanes of at least 4 members (excludes halogenated alkanes) is 20. The van der Waals surface area contributed by atoms with Crippen LogP contribution in [0.5, 0.6) is 0 Å². The van der Waals surface area contributed by atoms with E-state index in [0.717, 1.165) is 38.5 Å². The molecule has 12 N–H and O–H groups in total. The molecule has 18 heteroatoms. The van der Waals surface area contributed by atoms with E-state index in [-0.39, 0.29) is 37.9 Å². The molecule has 0 radical (unpaired) electrons. The molecule has 0 spiro atoms. The quantitative estimate of drug-likeness (QED) is 0.0390. The summed E-state index contributed by atoms with van der Waals surface area (Å²) in [7, 11) is 0. The lowest BCUT2D eigenvalue weighted by atomic mass is 9.98. The van der Waals surface area contributed by atoms with Gasteiger partial charge in [0, 0.05) is 32.5 Å². The van der Waals surface area contributed by atoms with Crippen LogP contribution in [-0.4, -0.2) is 158 Å². The van der Waals surface area contributed by atoms with Gasteiger partial charge in [0.05, 0.1) is 13.2 Å². The number of aliphatic hydroxyl groups is 8. The Morgan fingerprint density at radius 1 is 0.571 bits per heavy atom. The molecule has 1 aliphatic heterocycles. The second-order valence-electron chi connectivity index (χ2n) is 17.1. The van der Waals surface area contributed by atoms with E-state index in [0.29, 0.717) is 19.3 Å². The van der Waals surface area contributed by atoms with Gasteiger partial charge in [-0.25, -0.2) is 0 Å². The van der Waals surface area contributed by atoms with Crippen molar-refractivity contribution in [1.29, 1.82) is 0 Å². The second kappa shape index (κ2) is 36.7. The predicted molar refractivity (Wildman–Crippen MR) is 237 cm³/mol. The molecule has 0 saturated carbocycles. The van der Waals surface area contributed by atoms with Crippen molar-refractivity contribution >= 4 is 23.6 Å². The van der Waals surface area contributed by atoms with Crippen molar-refractivity contribution in [3.8, 4) is 0 Å². The van der Waals surface area contributed by atoms with Crippen LogP contribution in [0.15, 0.2) is 0 Å². The minimum Gasteiger partial charge on any atom is -0.394 e. The predicted octanol–water partition coefficient (Wildman–Crippen LogP) is 1.48. The molecule has 4 amide bonds. The molecule has 0 bridgehead atoms. The number of hydrogen-bond donors (Lipinski definition) is 12. The Hall–Kier alpha value is -2.52. The van der Waals surface area contributed by atoms with Gasteiger partial charge in [0.1, 0.15) is 48.8 Å². The molecule has 1 aliphatic rings. The van der Waals surface area contributed by atoms with Crippen LogP contribution in [0.4, 0.5) is 0 Å². The first kappa shape index (κ1) is 58.5. The highest BCUT2D eigenvalue weighted by atomic mass is 16.7. The van der Waals surface area contributed by atoms with Crippen LogP contribution in [0.3, 0.4) is 0 Å². The van der Waals surface area contributed by atoms with Crippen LogP contribution in [0.25, 0.3) is 0 Å². The molecule has 0 aromatic rings. The van der Waals surface area contributed by atoms with Crippen LogP contribution in [0.1, 0.15) is 168 Å². The molecule has 1 fully saturated rings. The lowest BCUT2D eigenvalue weighted by Gasteiger charge is -2.42. The van der Waals surface area contributed by atoms with Crippen molar-refractivity contribution in [3.05, 3.63) is 0 Å². The van der Waals surface area contributed by atoms with E-state index in [2.05, 4.69) is 35.1 Å². The van der Waals surface area contributed by atoms with E-state index in [4.69, 9.17) is 9.47 Å². The summed E-state index contributed by atoms with van der Waals surface area (Å²) >= 11 is 0. The molecular weight excluding hydrogens is 821 g/mol. The number of rotatable bonds is 39. The molecule has 370 valence electrons. The SMILES string of the molecule is CCCCCCCCCCCCCC(=O)NCC(NC(=O)CCCCCCCCCCCCC)C(=O)NCCNC(=O)C(O)C(O)C(O[C@@H]1O[C@H](CO)[C@H](O)[C@H](O)[C@H]1O)C(O)CO. The van der Waals surface area contributed by atoms with Gasteiger partial charge >= 0.3 is 0 Å². The average Bonchev–Trinajstić information content (AvgIpc) is 3.28. The molecule has 1 saturated heterocycles. The van der Waals surface area contributed by atoms with Crippen LogP contribution in [-0.2, 0) is 28.7 Å². The lowest BCUT2D eigenvalue weighted by molar-refractivity contribution is -0.326. The van der Waals surface area contributed by atoms with Crippen molar-refractivity contribution in [2.75, 3.05) is 32.8 Å². The highest BCUT2D eigenvalue weighted by molar-refractivity contribution is 5.88. The fourth-order valence-electron chi connectivity index (χ4n) is 7.45. The number of amides is 4. The molecular formula is C45H86N4O14. The van der Waals surface area contributed by atoms with Crippen LogP contribution in [0, 0.1) is 0 Å². The Morgan fingerprint density at radius 3 is 1.48 bits per heavy atom. The minimum absolute atomic E-state index is 0.146. The van der Waals surface area contributed by atoms with Crippen molar-refractivity contribution < 1.29 is 69.5 Å². The van der Waals surface area contributed by atoms with Gasteiger partial charge in [0.25, 0.3) is 5.91 Å². The topological polar surface area (TPSA) is 297 Å². The van der Waals surface area contributed by atoms with E-state index < -0.39 is 86.2 Å². The van der Waals surface area contributed by atoms with Gasteiger partial charge in [-0.05, 0) is 12.8 Å². The average molecular weight is 907 g/mol. The van der Waals surface area contributed by atoms with Crippen LogP contribution >= 0.6 is 0 Å². The molecule has 1 rings (SSSR count). The normalized spacial score (nSPS) is 21.2. The molecule has 0 aliphatic carbocycles. The van der Waals surface area contributed by atoms with Crippen molar-refractivity contribution in [2.24, 2.45) is 0 Å². The number of aliphatic hydroxyl groups excluding tert-OH is 8. The van der Waals surface area contributed by atoms with Gasteiger partial charge in [0.2, 0.25) is 17.7 Å². The Labute approximate surface area is 375 Å². The van der Waals surface area contributed by atoms with Crippen LogP contribution < -0.4 is 21.3 Å². The maximum atomic E-state index is 13.3. The first-order valence-corrected chi connectivity index (χ1v) is 24.0. The smallest absolute Gasteiger partial charge is 0.251 e. The summed E-state index contributed by atoms with van der Waals surface area (Å²) < 4.78 is 10.6. The molecule has 63 heavy (non-hydrogen) atoms. The summed E-state index contributed by atoms with van der Waals surface area (Å²) in [6.07, 6.45) is 8.30. The molecule has 1 heterocycles. The molecule has 18 nitrogen and oxygen atoms in total. The summed E-state index contributed by atoms with van der Waals surface area (Å²) in [6, 6.07) is -1.10. The van der Waals surface area contributed by atoms with Gasteiger partial charge in [-0.1, -0.05) is 142 Å². The summed E-state index contributed by atoms with van der Waals surface area (Å²) in [5, 5.41) is 91.4.